The first kappa shape index (κ1) is 17.1. The number of hydrogen-bond donors (Lipinski definition) is 1. The van der Waals surface area contributed by atoms with E-state index in [9.17, 15) is 8.78 Å². The average Bonchev–Trinajstić information content (AvgIpc) is 2.37. The molecule has 1 aromatic carbocycles. The number of hydrogen-bond acceptors (Lipinski definition) is 2. The molecule has 20 heavy (non-hydrogen) atoms. The third-order valence-corrected chi connectivity index (χ3v) is 3.70. The van der Waals surface area contributed by atoms with Crippen LogP contribution in [0.15, 0.2) is 18.2 Å². The van der Waals surface area contributed by atoms with Crippen molar-refractivity contribution in [3.05, 3.63) is 35.4 Å². The molecule has 0 spiro atoms. The summed E-state index contributed by atoms with van der Waals surface area (Å²) in [6.07, 6.45) is 2.16. The van der Waals surface area contributed by atoms with E-state index in [1.165, 1.54) is 12.1 Å². The maximum atomic E-state index is 13.6. The fourth-order valence-corrected chi connectivity index (χ4v) is 2.03. The summed E-state index contributed by atoms with van der Waals surface area (Å²) in [5, 5.41) is 3.28. The summed E-state index contributed by atoms with van der Waals surface area (Å²) in [6.45, 7) is 8.16. The van der Waals surface area contributed by atoms with Crippen LogP contribution < -0.4 is 5.32 Å². The highest BCUT2D eigenvalue weighted by molar-refractivity contribution is 5.21. The first-order valence-electron chi connectivity index (χ1n) is 7.30. The molecule has 0 bridgehead atoms. The molecule has 0 aliphatic carbocycles. The predicted octanol–water partition coefficient (Wildman–Crippen LogP) is 3.74. The number of nitrogens with zero attached hydrogens (tertiary/aromatic N) is 1. The number of rotatable bonds is 8. The summed E-state index contributed by atoms with van der Waals surface area (Å²) < 4.78 is 26.4. The van der Waals surface area contributed by atoms with Crippen molar-refractivity contribution < 1.29 is 8.78 Å². The Morgan fingerprint density at radius 2 is 1.85 bits per heavy atom. The van der Waals surface area contributed by atoms with Gasteiger partial charge in [-0.1, -0.05) is 6.07 Å². The lowest BCUT2D eigenvalue weighted by Crippen LogP contribution is -2.28. The van der Waals surface area contributed by atoms with Crippen molar-refractivity contribution in [3.63, 3.8) is 0 Å². The van der Waals surface area contributed by atoms with Crippen molar-refractivity contribution in [2.24, 2.45) is 0 Å². The van der Waals surface area contributed by atoms with Crippen molar-refractivity contribution in [2.45, 2.75) is 45.7 Å². The lowest BCUT2D eigenvalue weighted by atomic mass is 10.1. The molecule has 0 saturated heterocycles. The number of nitrogens with one attached hydrogen (secondary N) is 1. The molecule has 1 aromatic rings. The summed E-state index contributed by atoms with van der Waals surface area (Å²) in [5.41, 5.74) is 0.519. The average molecular weight is 284 g/mol. The fourth-order valence-electron chi connectivity index (χ4n) is 2.03. The Balaban J connectivity index is 2.28. The molecule has 1 rings (SSSR count). The molecule has 0 aromatic heterocycles. The van der Waals surface area contributed by atoms with Crippen LogP contribution in [0.25, 0.3) is 0 Å². The molecule has 0 heterocycles. The zero-order chi connectivity index (χ0) is 15.1. The second kappa shape index (κ2) is 8.32. The molecule has 0 fully saturated rings. The summed E-state index contributed by atoms with van der Waals surface area (Å²) in [5.74, 6) is -1.01. The fraction of sp³-hybridized carbons (Fsp3) is 0.625. The number of benzene rings is 1. The Morgan fingerprint density at radius 1 is 1.15 bits per heavy atom. The van der Waals surface area contributed by atoms with Crippen LogP contribution in [0.1, 0.15) is 45.2 Å². The van der Waals surface area contributed by atoms with Gasteiger partial charge in [0.15, 0.2) is 0 Å². The quantitative estimate of drug-likeness (QED) is 0.732. The molecular formula is C16H26F2N2. The summed E-state index contributed by atoms with van der Waals surface area (Å²) in [6, 6.07) is 4.21. The maximum Gasteiger partial charge on any atom is 0.130 e. The van der Waals surface area contributed by atoms with Gasteiger partial charge in [0.05, 0.1) is 0 Å². The molecule has 0 aliphatic rings. The maximum absolute atomic E-state index is 13.6. The van der Waals surface area contributed by atoms with Crippen molar-refractivity contribution >= 4 is 0 Å². The third-order valence-electron chi connectivity index (χ3n) is 3.70. The molecule has 1 atom stereocenters. The minimum Gasteiger partial charge on any atom is -0.310 e. The van der Waals surface area contributed by atoms with E-state index < -0.39 is 11.6 Å². The summed E-state index contributed by atoms with van der Waals surface area (Å²) >= 11 is 0. The van der Waals surface area contributed by atoms with E-state index in [0.29, 0.717) is 11.6 Å². The molecule has 0 saturated carbocycles. The van der Waals surface area contributed by atoms with E-state index in [2.05, 4.69) is 31.1 Å². The molecule has 0 radical (unpaired) electrons. The first-order valence-corrected chi connectivity index (χ1v) is 7.30. The third kappa shape index (κ3) is 5.55. The Hall–Kier alpha value is -1.00. The zero-order valence-electron chi connectivity index (χ0n) is 12.9. The van der Waals surface area contributed by atoms with Gasteiger partial charge < -0.3 is 10.2 Å². The van der Waals surface area contributed by atoms with E-state index in [4.69, 9.17) is 0 Å². The van der Waals surface area contributed by atoms with Crippen LogP contribution in [-0.4, -0.2) is 31.1 Å². The smallest absolute Gasteiger partial charge is 0.130 e. The number of halogens is 2. The lowest BCUT2D eigenvalue weighted by Gasteiger charge is -2.21. The minimum absolute atomic E-state index is 0.0987. The van der Waals surface area contributed by atoms with Crippen LogP contribution in [0, 0.1) is 11.6 Å². The molecule has 1 N–H and O–H groups in total. The van der Waals surface area contributed by atoms with Gasteiger partial charge in [-0.05, 0) is 59.8 Å². The monoisotopic (exact) mass is 284 g/mol. The van der Waals surface area contributed by atoms with Crippen LogP contribution in [-0.2, 0) is 0 Å². The van der Waals surface area contributed by atoms with Crippen LogP contribution in [0.4, 0.5) is 8.78 Å². The van der Waals surface area contributed by atoms with E-state index >= 15 is 0 Å². The van der Waals surface area contributed by atoms with E-state index in [-0.39, 0.29) is 6.04 Å². The largest absolute Gasteiger partial charge is 0.310 e. The first-order chi connectivity index (χ1) is 9.41. The van der Waals surface area contributed by atoms with Crippen LogP contribution >= 0.6 is 0 Å². The van der Waals surface area contributed by atoms with Gasteiger partial charge in [-0.15, -0.1) is 0 Å². The van der Waals surface area contributed by atoms with Gasteiger partial charge in [-0.2, -0.15) is 0 Å². The number of unbranched alkanes of at least 4 members (excludes halogenated alkanes) is 1. The van der Waals surface area contributed by atoms with Gasteiger partial charge in [0, 0.05) is 23.7 Å². The highest BCUT2D eigenvalue weighted by atomic mass is 19.1. The predicted molar refractivity (Wildman–Crippen MR) is 79.8 cm³/mol. The van der Waals surface area contributed by atoms with E-state index in [1.807, 2.05) is 6.92 Å². The molecule has 1 unspecified atom stereocenters. The molecule has 4 heteroatoms. The summed E-state index contributed by atoms with van der Waals surface area (Å²) in [7, 11) is 2.12. The normalized spacial score (nSPS) is 13.2. The zero-order valence-corrected chi connectivity index (χ0v) is 12.9. The molecule has 0 aliphatic heterocycles. The highest BCUT2D eigenvalue weighted by Gasteiger charge is 2.11. The second-order valence-corrected chi connectivity index (χ2v) is 5.62. The van der Waals surface area contributed by atoms with Crippen LogP contribution in [0.2, 0.25) is 0 Å². The minimum atomic E-state index is -0.532. The molecular weight excluding hydrogens is 258 g/mol. The van der Waals surface area contributed by atoms with Gasteiger partial charge in [-0.25, -0.2) is 8.78 Å². The van der Waals surface area contributed by atoms with Crippen molar-refractivity contribution in [1.82, 2.24) is 10.2 Å². The van der Waals surface area contributed by atoms with Crippen molar-refractivity contribution in [3.8, 4) is 0 Å². The Labute approximate surface area is 121 Å². The SMILES string of the molecule is CC(NCCCCN(C)C(C)C)c1ccc(F)cc1F. The molecule has 2 nitrogen and oxygen atoms in total. The van der Waals surface area contributed by atoms with Gasteiger partial charge >= 0.3 is 0 Å². The van der Waals surface area contributed by atoms with Crippen LogP contribution in [0.5, 0.6) is 0 Å². The Morgan fingerprint density at radius 3 is 2.45 bits per heavy atom. The van der Waals surface area contributed by atoms with E-state index in [0.717, 1.165) is 32.0 Å². The second-order valence-electron chi connectivity index (χ2n) is 5.62. The van der Waals surface area contributed by atoms with Gasteiger partial charge in [0.25, 0.3) is 0 Å². The van der Waals surface area contributed by atoms with E-state index in [1.54, 1.807) is 0 Å². The molecule has 0 amide bonds. The van der Waals surface area contributed by atoms with Gasteiger partial charge in [-0.3, -0.25) is 0 Å². The highest BCUT2D eigenvalue weighted by Crippen LogP contribution is 2.17. The standard InChI is InChI=1S/C16H26F2N2/c1-12(2)20(4)10-6-5-9-19-13(3)15-8-7-14(17)11-16(15)18/h7-8,11-13,19H,5-6,9-10H2,1-4H3. The lowest BCUT2D eigenvalue weighted by molar-refractivity contribution is 0.267. The molecule has 114 valence electrons. The van der Waals surface area contributed by atoms with Crippen LogP contribution in [0.3, 0.4) is 0 Å². The summed E-state index contributed by atoms with van der Waals surface area (Å²) in [4.78, 5) is 2.31. The Kier molecular flexibility index (Phi) is 7.10. The van der Waals surface area contributed by atoms with Crippen molar-refractivity contribution in [1.29, 1.82) is 0 Å². The topological polar surface area (TPSA) is 15.3 Å². The van der Waals surface area contributed by atoms with Gasteiger partial charge in [0.2, 0.25) is 0 Å². The van der Waals surface area contributed by atoms with Gasteiger partial charge in [0.1, 0.15) is 11.6 Å². The Bertz CT molecular complexity index is 407. The van der Waals surface area contributed by atoms with Crippen molar-refractivity contribution in [2.75, 3.05) is 20.1 Å².